The van der Waals surface area contributed by atoms with E-state index in [1.54, 1.807) is 28.4 Å². The Bertz CT molecular complexity index is 4840. The van der Waals surface area contributed by atoms with E-state index in [1.165, 1.54) is 22.3 Å². The van der Waals surface area contributed by atoms with E-state index in [4.69, 9.17) is 14.6 Å². The highest BCUT2D eigenvalue weighted by Gasteiger charge is 2.37. The maximum absolute atomic E-state index is 13.7. The fraction of sp³-hybridized carbons (Fsp3) is 0.361. The van der Waals surface area contributed by atoms with Gasteiger partial charge in [-0.25, -0.2) is 19.4 Å². The molecule has 22 heteroatoms. The van der Waals surface area contributed by atoms with Crippen molar-refractivity contribution in [3.8, 4) is 45.3 Å². The van der Waals surface area contributed by atoms with Gasteiger partial charge in [0.1, 0.15) is 28.4 Å². The van der Waals surface area contributed by atoms with Crippen molar-refractivity contribution in [1.82, 2.24) is 75.2 Å². The molecule has 7 N–H and O–H groups in total. The number of nitrogens with zero attached hydrogens (tertiary/aromatic N) is 10. The Morgan fingerprint density at radius 3 is 1.86 bits per heavy atom. The summed E-state index contributed by atoms with van der Waals surface area (Å²) in [5, 5.41) is 42.7. The Hall–Kier alpha value is -10.5. The van der Waals surface area contributed by atoms with Crippen molar-refractivity contribution in [1.29, 1.82) is 0 Å². The largest absolute Gasteiger partial charge is 0.444 e. The number of nitrogens with one attached hydrogen (secondary N) is 5. The van der Waals surface area contributed by atoms with Crippen LogP contribution in [-0.4, -0.2) is 157 Å². The molecule has 1 unspecified atom stereocenters. The molecule has 105 heavy (non-hydrogen) atoms. The average molecular weight is 1410 g/mol. The first-order valence-electron chi connectivity index (χ1n) is 36.8. The summed E-state index contributed by atoms with van der Waals surface area (Å²) in [4.78, 5) is 70.0. The number of rotatable bonds is 16. The molecule has 1 atom stereocenters. The highest BCUT2D eigenvalue weighted by Crippen LogP contribution is 2.39. The maximum atomic E-state index is 13.7. The Labute approximate surface area is 612 Å². The number of ether oxygens (including phenoxy) is 2. The van der Waals surface area contributed by atoms with Gasteiger partial charge < -0.3 is 55.0 Å². The number of likely N-dealkylation sites (tertiary alicyclic amines) is 1. The first kappa shape index (κ1) is 72.8. The first-order valence-corrected chi connectivity index (χ1v) is 36.8. The number of carbonyl (C=O) groups is 3. The van der Waals surface area contributed by atoms with Crippen molar-refractivity contribution < 1.29 is 34.1 Å². The molecule has 6 aromatic heterocycles. The van der Waals surface area contributed by atoms with Crippen LogP contribution in [0.15, 0.2) is 171 Å². The number of pyridine rings is 2. The SMILES string of the molecule is CCN(Cc1cncc(-c2ccc3c(c2)c(-c2ncc(C(=O)N4CCC(O)(c5ccccc5)CC4)[nH]2)nn3C2CCCCO2)c1C)C(=O)OC(C)(C)C.CCNCc1cncc(-c2ccc3[nH]nc(-c4ncc(C(=O)N5CC=C(c6ccccc6)CC5)[nH]4)c3c2)c1C.OC1(c2ccccc2)CCNCC1. The van der Waals surface area contributed by atoms with Gasteiger partial charge in [-0.2, -0.15) is 10.2 Å². The molecule has 4 aliphatic heterocycles. The van der Waals surface area contributed by atoms with Crippen molar-refractivity contribution in [3.05, 3.63) is 221 Å². The molecular weight excluding hydrogens is 1320 g/mol. The summed E-state index contributed by atoms with van der Waals surface area (Å²) in [5.74, 6) is 0.833. The number of aromatic amines is 3. The predicted molar refractivity (Wildman–Crippen MR) is 408 cm³/mol. The molecule has 0 aliphatic carbocycles. The van der Waals surface area contributed by atoms with E-state index in [0.29, 0.717) is 93.1 Å². The summed E-state index contributed by atoms with van der Waals surface area (Å²) in [6.45, 7) is 21.0. The molecule has 22 nitrogen and oxygen atoms in total. The third-order valence-electron chi connectivity index (χ3n) is 20.6. The summed E-state index contributed by atoms with van der Waals surface area (Å²) >= 11 is 0. The van der Waals surface area contributed by atoms with Gasteiger partial charge in [-0.3, -0.25) is 24.7 Å². The van der Waals surface area contributed by atoms with E-state index in [0.717, 1.165) is 131 Å². The smallest absolute Gasteiger partial charge is 0.410 e. The molecule has 0 spiro atoms. The minimum absolute atomic E-state index is 0.0585. The highest BCUT2D eigenvalue weighted by atomic mass is 16.6. The van der Waals surface area contributed by atoms with Crippen LogP contribution in [0.1, 0.15) is 152 Å². The molecule has 15 rings (SSSR count). The van der Waals surface area contributed by atoms with Crippen molar-refractivity contribution in [3.63, 3.8) is 0 Å². The van der Waals surface area contributed by atoms with Gasteiger partial charge in [0.2, 0.25) is 0 Å². The fourth-order valence-corrected chi connectivity index (χ4v) is 14.3. The zero-order valence-electron chi connectivity index (χ0n) is 61.1. The molecule has 3 amide bonds. The molecule has 3 fully saturated rings. The van der Waals surface area contributed by atoms with Gasteiger partial charge in [-0.15, -0.1) is 0 Å². The number of piperidine rings is 2. The summed E-state index contributed by atoms with van der Waals surface area (Å²) in [7, 11) is 0. The number of amides is 3. The van der Waals surface area contributed by atoms with E-state index < -0.39 is 16.8 Å². The van der Waals surface area contributed by atoms with Crippen molar-refractivity contribution in [2.45, 2.75) is 136 Å². The van der Waals surface area contributed by atoms with Gasteiger partial charge >= 0.3 is 6.09 Å². The third kappa shape index (κ3) is 16.6. The van der Waals surface area contributed by atoms with Crippen LogP contribution in [0.5, 0.6) is 0 Å². The van der Waals surface area contributed by atoms with E-state index in [9.17, 15) is 24.6 Å². The number of hydrogen-bond donors (Lipinski definition) is 7. The van der Waals surface area contributed by atoms with Crippen LogP contribution < -0.4 is 10.6 Å². The van der Waals surface area contributed by atoms with Crippen molar-refractivity contribution >= 4 is 45.3 Å². The topological polar surface area (TPSA) is 274 Å². The lowest BCUT2D eigenvalue weighted by atomic mass is 9.84. The van der Waals surface area contributed by atoms with Gasteiger partial charge in [-0.1, -0.05) is 116 Å². The second kappa shape index (κ2) is 32.3. The zero-order chi connectivity index (χ0) is 73.2. The Morgan fingerprint density at radius 1 is 0.667 bits per heavy atom. The minimum atomic E-state index is -0.956. The standard InChI is InChI=1S/C41H49N7O5.C31H31N7O.C11H15NO/c1-6-46(39(50)53-40(3,4)5)26-29-23-42-24-32(27(29)2)28-15-16-34-31(22-28)36(45-48(34)35-14-10-11-21-52-35)37-43-25-33(44-37)38(49)47-19-17-41(51,18-20-47)30-12-8-7-9-13-30;1-3-32-16-24-17-33-18-26(20(24)2)23-9-10-27-25(15-23)29(37-36-27)30-34-19-28(35-30)31(39)38-13-11-22(12-14-38)21-7-5-4-6-8-21;13-11(6-8-12-9-7-11)10-4-2-1-3-5-10/h7-9,12-13,15-16,22-25,35,51H,6,10-11,14,17-21,26H2,1-5H3,(H,43,44);4-11,15,17-19,32H,3,12-14,16H2,1-2H3,(H,34,35)(H,36,37);1-5,12-13H,6-9H2. The molecular formula is C83H95N15O7. The quantitative estimate of drug-likeness (QED) is 0.0474. The van der Waals surface area contributed by atoms with E-state index in [1.807, 2.05) is 148 Å². The number of aromatic nitrogens is 10. The first-order chi connectivity index (χ1) is 50.9. The van der Waals surface area contributed by atoms with Gasteiger partial charge in [0, 0.05) is 92.6 Å². The third-order valence-corrected chi connectivity index (χ3v) is 20.6. The molecule has 10 heterocycles. The Kier molecular flexibility index (Phi) is 22.4. The molecule has 11 aromatic rings. The molecule has 0 radical (unpaired) electrons. The van der Waals surface area contributed by atoms with Crippen LogP contribution in [-0.2, 0) is 33.8 Å². The van der Waals surface area contributed by atoms with Crippen molar-refractivity contribution in [2.75, 3.05) is 59.0 Å². The average Bonchev–Trinajstić information content (AvgIpc) is 1.61. The lowest BCUT2D eigenvalue weighted by Gasteiger charge is -2.38. The summed E-state index contributed by atoms with van der Waals surface area (Å²) < 4.78 is 13.8. The second-order valence-corrected chi connectivity index (χ2v) is 28.6. The van der Waals surface area contributed by atoms with Crippen LogP contribution in [0, 0.1) is 13.8 Å². The maximum Gasteiger partial charge on any atom is 0.410 e. The summed E-state index contributed by atoms with van der Waals surface area (Å²) in [6, 6.07) is 42.4. The van der Waals surface area contributed by atoms with Gasteiger partial charge in [0.15, 0.2) is 17.9 Å². The van der Waals surface area contributed by atoms with Crippen LogP contribution in [0.2, 0.25) is 0 Å². The molecule has 0 saturated carbocycles. The normalized spacial score (nSPS) is 16.5. The van der Waals surface area contributed by atoms with Crippen LogP contribution >= 0.6 is 0 Å². The monoisotopic (exact) mass is 1410 g/mol. The molecule has 5 aromatic carbocycles. The van der Waals surface area contributed by atoms with Gasteiger partial charge in [0.25, 0.3) is 11.8 Å². The number of aliphatic hydroxyl groups is 2. The number of carbonyl (C=O) groups excluding carboxylic acids is 3. The van der Waals surface area contributed by atoms with Crippen LogP contribution in [0.3, 0.4) is 0 Å². The predicted octanol–water partition coefficient (Wildman–Crippen LogP) is 14.0. The number of benzene rings is 5. The van der Waals surface area contributed by atoms with Crippen LogP contribution in [0.25, 0.3) is 72.7 Å². The Balaban J connectivity index is 0.000000163. The summed E-state index contributed by atoms with van der Waals surface area (Å²) in [5.41, 5.74) is 14.6. The van der Waals surface area contributed by atoms with Crippen LogP contribution in [0.4, 0.5) is 4.79 Å². The molecule has 544 valence electrons. The van der Waals surface area contributed by atoms with E-state index >= 15 is 0 Å². The lowest BCUT2D eigenvalue weighted by Crippen LogP contribution is -2.45. The molecule has 3 saturated heterocycles. The van der Waals surface area contributed by atoms with E-state index in [-0.39, 0.29) is 24.1 Å². The lowest BCUT2D eigenvalue weighted by molar-refractivity contribution is -0.0365. The number of hydrogen-bond acceptors (Lipinski definition) is 15. The number of fused-ring (bicyclic) bond motifs is 2. The Morgan fingerprint density at radius 2 is 1.26 bits per heavy atom. The van der Waals surface area contributed by atoms with Gasteiger partial charge in [-0.05, 0) is 192 Å². The van der Waals surface area contributed by atoms with E-state index in [2.05, 4.69) is 113 Å². The summed E-state index contributed by atoms with van der Waals surface area (Å²) in [6.07, 6.45) is 18.5. The number of imidazole rings is 2. The number of H-pyrrole nitrogens is 3. The second-order valence-electron chi connectivity index (χ2n) is 28.6. The molecule has 4 aliphatic rings. The van der Waals surface area contributed by atoms with Crippen molar-refractivity contribution in [2.24, 2.45) is 0 Å². The highest BCUT2D eigenvalue weighted by molar-refractivity contribution is 5.98. The fourth-order valence-electron chi connectivity index (χ4n) is 14.3. The zero-order valence-corrected chi connectivity index (χ0v) is 61.1. The van der Waals surface area contributed by atoms with Gasteiger partial charge in [0.05, 0.1) is 41.2 Å². The molecule has 0 bridgehead atoms. The minimum Gasteiger partial charge on any atom is -0.444 e.